The molecule has 2 rings (SSSR count). The number of carbonyl (C=O) groups excluding carboxylic acids is 1. The molecule has 0 aliphatic rings. The van der Waals surface area contributed by atoms with Crippen molar-refractivity contribution in [3.63, 3.8) is 0 Å². The molecule has 6 heteroatoms. The summed E-state index contributed by atoms with van der Waals surface area (Å²) in [5.74, 6) is -0.706. The van der Waals surface area contributed by atoms with Crippen LogP contribution in [0.4, 0.5) is 10.1 Å². The molecule has 2 aromatic rings. The second-order valence-electron chi connectivity index (χ2n) is 3.71. The molecule has 1 aromatic carbocycles. The maximum Gasteiger partial charge on any atom is 0.263 e. The summed E-state index contributed by atoms with van der Waals surface area (Å²) in [6.07, 6.45) is 0. The van der Waals surface area contributed by atoms with Gasteiger partial charge in [-0.3, -0.25) is 4.79 Å². The lowest BCUT2D eigenvalue weighted by Gasteiger charge is -2.03. The second kappa shape index (κ2) is 5.32. The number of halogens is 1. The summed E-state index contributed by atoms with van der Waals surface area (Å²) in [6, 6.07) is 4.67. The van der Waals surface area contributed by atoms with E-state index in [-0.39, 0.29) is 11.6 Å². The van der Waals surface area contributed by atoms with Gasteiger partial charge >= 0.3 is 0 Å². The molecule has 18 heavy (non-hydrogen) atoms. The number of anilines is 1. The van der Waals surface area contributed by atoms with Crippen molar-refractivity contribution in [3.05, 3.63) is 28.9 Å². The van der Waals surface area contributed by atoms with E-state index in [0.29, 0.717) is 28.1 Å². The van der Waals surface area contributed by atoms with Crippen molar-refractivity contribution in [2.24, 2.45) is 0 Å². The maximum atomic E-state index is 13.6. The molecule has 3 N–H and O–H groups in total. The minimum Gasteiger partial charge on any atom is -0.397 e. The molecule has 0 saturated carbocycles. The molecule has 0 radical (unpaired) electrons. The van der Waals surface area contributed by atoms with Crippen LogP contribution < -0.4 is 11.1 Å². The SMILES string of the molecule is COCCNC(=O)c1sc2cccc(F)c2c1N. The van der Waals surface area contributed by atoms with Crippen molar-refractivity contribution in [1.82, 2.24) is 5.32 Å². The summed E-state index contributed by atoms with van der Waals surface area (Å²) in [7, 11) is 1.55. The molecule has 0 spiro atoms. The van der Waals surface area contributed by atoms with Gasteiger partial charge in [0.1, 0.15) is 10.7 Å². The third-order valence-corrected chi connectivity index (χ3v) is 3.67. The van der Waals surface area contributed by atoms with Crippen LogP contribution in [-0.2, 0) is 4.74 Å². The molecule has 0 fully saturated rings. The zero-order valence-corrected chi connectivity index (χ0v) is 10.6. The number of hydrogen-bond acceptors (Lipinski definition) is 4. The summed E-state index contributed by atoms with van der Waals surface area (Å²) >= 11 is 1.19. The first kappa shape index (κ1) is 12.8. The molecule has 4 nitrogen and oxygen atoms in total. The Morgan fingerprint density at radius 2 is 2.33 bits per heavy atom. The lowest BCUT2D eigenvalue weighted by atomic mass is 10.2. The number of rotatable bonds is 4. The lowest BCUT2D eigenvalue weighted by Crippen LogP contribution is -2.26. The molecule has 0 unspecified atom stereocenters. The van der Waals surface area contributed by atoms with Crippen LogP contribution in [0.1, 0.15) is 9.67 Å². The Morgan fingerprint density at radius 1 is 1.56 bits per heavy atom. The highest BCUT2D eigenvalue weighted by Crippen LogP contribution is 2.35. The fourth-order valence-corrected chi connectivity index (χ4v) is 2.70. The quantitative estimate of drug-likeness (QED) is 0.834. The van der Waals surface area contributed by atoms with Crippen molar-refractivity contribution < 1.29 is 13.9 Å². The van der Waals surface area contributed by atoms with Gasteiger partial charge in [-0.1, -0.05) is 6.07 Å². The average molecular weight is 268 g/mol. The smallest absolute Gasteiger partial charge is 0.263 e. The Morgan fingerprint density at radius 3 is 3.00 bits per heavy atom. The van der Waals surface area contributed by atoms with Gasteiger partial charge in [-0.2, -0.15) is 0 Å². The van der Waals surface area contributed by atoms with Crippen LogP contribution >= 0.6 is 11.3 Å². The first-order valence-corrected chi connectivity index (χ1v) is 6.20. The molecule has 1 aromatic heterocycles. The van der Waals surface area contributed by atoms with Gasteiger partial charge in [0, 0.05) is 18.4 Å². The predicted octanol–water partition coefficient (Wildman–Crippen LogP) is 2.00. The van der Waals surface area contributed by atoms with Crippen LogP contribution in [0.2, 0.25) is 0 Å². The first-order chi connectivity index (χ1) is 8.65. The van der Waals surface area contributed by atoms with E-state index in [0.717, 1.165) is 0 Å². The Kier molecular flexibility index (Phi) is 3.78. The minimum absolute atomic E-state index is 0.197. The molecule has 96 valence electrons. The van der Waals surface area contributed by atoms with E-state index in [2.05, 4.69) is 5.32 Å². The Labute approximate surface area is 108 Å². The predicted molar refractivity (Wildman–Crippen MR) is 70.4 cm³/mol. The van der Waals surface area contributed by atoms with E-state index in [1.54, 1.807) is 19.2 Å². The van der Waals surface area contributed by atoms with Crippen LogP contribution in [0.3, 0.4) is 0 Å². The van der Waals surface area contributed by atoms with Crippen molar-refractivity contribution >= 4 is 33.0 Å². The molecule has 0 aliphatic carbocycles. The van der Waals surface area contributed by atoms with Crippen molar-refractivity contribution in [2.75, 3.05) is 26.0 Å². The number of carbonyl (C=O) groups is 1. The number of nitrogens with one attached hydrogen (secondary N) is 1. The zero-order valence-electron chi connectivity index (χ0n) is 9.83. The van der Waals surface area contributed by atoms with Gasteiger partial charge in [-0.25, -0.2) is 4.39 Å². The van der Waals surface area contributed by atoms with Gasteiger partial charge in [-0.05, 0) is 12.1 Å². The molecule has 0 saturated heterocycles. The van der Waals surface area contributed by atoms with Gasteiger partial charge in [-0.15, -0.1) is 11.3 Å². The normalized spacial score (nSPS) is 10.8. The summed E-state index contributed by atoms with van der Waals surface area (Å²) in [4.78, 5) is 12.2. The Hall–Kier alpha value is -1.66. The van der Waals surface area contributed by atoms with Crippen LogP contribution in [0.25, 0.3) is 10.1 Å². The number of methoxy groups -OCH3 is 1. The van der Waals surface area contributed by atoms with Crippen LogP contribution in [-0.4, -0.2) is 26.2 Å². The van der Waals surface area contributed by atoms with Crippen LogP contribution in [0.5, 0.6) is 0 Å². The van der Waals surface area contributed by atoms with E-state index in [1.165, 1.54) is 17.4 Å². The fourth-order valence-electron chi connectivity index (χ4n) is 1.64. The summed E-state index contributed by atoms with van der Waals surface area (Å²) in [5, 5.41) is 2.98. The molecule has 0 atom stereocenters. The molecule has 1 heterocycles. The molecule has 0 aliphatic heterocycles. The number of ether oxygens (including phenoxy) is 1. The monoisotopic (exact) mass is 268 g/mol. The van der Waals surface area contributed by atoms with Gasteiger partial charge in [0.15, 0.2) is 0 Å². The molecule has 1 amide bonds. The van der Waals surface area contributed by atoms with E-state index in [1.807, 2.05) is 0 Å². The largest absolute Gasteiger partial charge is 0.397 e. The van der Waals surface area contributed by atoms with Gasteiger partial charge < -0.3 is 15.8 Å². The topological polar surface area (TPSA) is 64.3 Å². The highest BCUT2D eigenvalue weighted by Gasteiger charge is 2.18. The van der Waals surface area contributed by atoms with Gasteiger partial charge in [0.25, 0.3) is 5.91 Å². The van der Waals surface area contributed by atoms with E-state index in [9.17, 15) is 9.18 Å². The molecular weight excluding hydrogens is 255 g/mol. The van der Waals surface area contributed by atoms with Crippen molar-refractivity contribution in [3.8, 4) is 0 Å². The molecule has 0 bridgehead atoms. The fraction of sp³-hybridized carbons (Fsp3) is 0.250. The number of amides is 1. The summed E-state index contributed by atoms with van der Waals surface area (Å²) in [6.45, 7) is 0.816. The van der Waals surface area contributed by atoms with Gasteiger partial charge in [0.05, 0.1) is 17.7 Å². The van der Waals surface area contributed by atoms with Crippen LogP contribution in [0.15, 0.2) is 18.2 Å². The summed E-state index contributed by atoms with van der Waals surface area (Å²) in [5.41, 5.74) is 6.02. The first-order valence-electron chi connectivity index (χ1n) is 5.38. The number of nitrogens with two attached hydrogens (primary N) is 1. The number of nitrogen functional groups attached to an aromatic ring is 1. The highest BCUT2D eigenvalue weighted by molar-refractivity contribution is 7.21. The van der Waals surface area contributed by atoms with Crippen molar-refractivity contribution in [2.45, 2.75) is 0 Å². The van der Waals surface area contributed by atoms with Crippen molar-refractivity contribution in [1.29, 1.82) is 0 Å². The number of benzene rings is 1. The van der Waals surface area contributed by atoms with Crippen LogP contribution in [0, 0.1) is 5.82 Å². The standard InChI is InChI=1S/C12H13FN2O2S/c1-17-6-5-15-12(16)11-10(14)9-7(13)3-2-4-8(9)18-11/h2-4H,5-6,14H2,1H3,(H,15,16). The molecular formula is C12H13FN2O2S. The minimum atomic E-state index is -0.405. The second-order valence-corrected chi connectivity index (χ2v) is 4.76. The van der Waals surface area contributed by atoms with Gasteiger partial charge in [0.2, 0.25) is 0 Å². The highest BCUT2D eigenvalue weighted by atomic mass is 32.1. The number of hydrogen-bond donors (Lipinski definition) is 2. The number of thiophene rings is 1. The Balaban J connectivity index is 2.31. The maximum absolute atomic E-state index is 13.6. The Bertz CT molecular complexity index is 583. The third kappa shape index (κ3) is 2.30. The summed E-state index contributed by atoms with van der Waals surface area (Å²) < 4.78 is 19.1. The average Bonchev–Trinajstić information content (AvgIpc) is 2.68. The van der Waals surface area contributed by atoms with E-state index >= 15 is 0 Å². The lowest BCUT2D eigenvalue weighted by molar-refractivity contribution is 0.0942. The third-order valence-electron chi connectivity index (χ3n) is 2.50. The van der Waals surface area contributed by atoms with E-state index in [4.69, 9.17) is 10.5 Å². The zero-order chi connectivity index (χ0) is 13.1. The number of fused-ring (bicyclic) bond motifs is 1. The van der Waals surface area contributed by atoms with E-state index < -0.39 is 5.82 Å².